The first-order chi connectivity index (χ1) is 11.5. The van der Waals surface area contributed by atoms with E-state index >= 15 is 0 Å². The number of nitrogens with zero attached hydrogens (tertiary/aromatic N) is 1. The number of hydrogen-bond acceptors (Lipinski definition) is 5. The number of likely N-dealkylation sites (tertiary alicyclic amines) is 1. The van der Waals surface area contributed by atoms with Gasteiger partial charge in [0.1, 0.15) is 0 Å². The van der Waals surface area contributed by atoms with Gasteiger partial charge in [-0.15, -0.1) is 11.8 Å². The lowest BCUT2D eigenvalue weighted by molar-refractivity contribution is -0.118. The van der Waals surface area contributed by atoms with Crippen molar-refractivity contribution in [2.45, 2.75) is 29.6 Å². The van der Waals surface area contributed by atoms with Crippen LogP contribution in [0.4, 0.5) is 5.69 Å². The molecule has 2 aliphatic heterocycles. The van der Waals surface area contributed by atoms with Crippen molar-refractivity contribution in [3.8, 4) is 0 Å². The minimum absolute atomic E-state index is 0.0715. The molecule has 2 heterocycles. The zero-order valence-electron chi connectivity index (χ0n) is 13.7. The zero-order chi connectivity index (χ0) is 17.2. The molecule has 1 aromatic carbocycles. The smallest absolute Gasteiger partial charge is 0.240 e. The Morgan fingerprint density at radius 3 is 2.83 bits per heavy atom. The van der Waals surface area contributed by atoms with Gasteiger partial charge in [0.05, 0.1) is 10.6 Å². The maximum absolute atomic E-state index is 12.5. The van der Waals surface area contributed by atoms with Crippen molar-refractivity contribution in [1.29, 1.82) is 0 Å². The van der Waals surface area contributed by atoms with Crippen molar-refractivity contribution in [2.75, 3.05) is 37.2 Å². The second-order valence-electron chi connectivity index (χ2n) is 6.31. The van der Waals surface area contributed by atoms with Crippen LogP contribution in [-0.2, 0) is 14.8 Å². The fourth-order valence-electron chi connectivity index (χ4n) is 2.87. The topological polar surface area (TPSA) is 78.5 Å². The van der Waals surface area contributed by atoms with Crippen LogP contribution in [0, 0.1) is 5.92 Å². The first-order valence-corrected chi connectivity index (χ1v) is 10.7. The van der Waals surface area contributed by atoms with E-state index in [1.165, 1.54) is 12.8 Å². The van der Waals surface area contributed by atoms with E-state index in [1.807, 2.05) is 6.92 Å². The summed E-state index contributed by atoms with van der Waals surface area (Å²) in [6, 6.07) is 4.93. The second-order valence-corrected chi connectivity index (χ2v) is 9.13. The number of carbonyl (C=O) groups is 1. The van der Waals surface area contributed by atoms with E-state index in [-0.39, 0.29) is 16.7 Å². The fraction of sp³-hybridized carbons (Fsp3) is 0.562. The Kier molecular flexibility index (Phi) is 5.49. The molecular weight excluding hydrogens is 346 g/mol. The summed E-state index contributed by atoms with van der Waals surface area (Å²) < 4.78 is 27.6. The molecule has 1 aromatic rings. The molecule has 0 aliphatic carbocycles. The van der Waals surface area contributed by atoms with E-state index in [2.05, 4.69) is 14.9 Å². The first-order valence-electron chi connectivity index (χ1n) is 8.25. The van der Waals surface area contributed by atoms with Crippen LogP contribution in [0.3, 0.4) is 0 Å². The van der Waals surface area contributed by atoms with Crippen LogP contribution < -0.4 is 10.0 Å². The largest absolute Gasteiger partial charge is 0.325 e. The van der Waals surface area contributed by atoms with E-state index in [0.717, 1.165) is 24.5 Å². The van der Waals surface area contributed by atoms with E-state index < -0.39 is 10.0 Å². The number of fused-ring (bicyclic) bond motifs is 1. The number of carbonyl (C=O) groups excluding carboxylic acids is 1. The van der Waals surface area contributed by atoms with Crippen LogP contribution in [0.2, 0.25) is 0 Å². The molecular formula is C16H23N3O3S2. The third-order valence-electron chi connectivity index (χ3n) is 4.37. The summed E-state index contributed by atoms with van der Waals surface area (Å²) >= 11 is 1.57. The predicted molar refractivity (Wildman–Crippen MR) is 95.8 cm³/mol. The molecule has 2 aliphatic rings. The van der Waals surface area contributed by atoms with Crippen LogP contribution in [0.5, 0.6) is 0 Å². The van der Waals surface area contributed by atoms with Crippen molar-refractivity contribution in [3.63, 3.8) is 0 Å². The zero-order valence-corrected chi connectivity index (χ0v) is 15.4. The summed E-state index contributed by atoms with van der Waals surface area (Å²) in [7, 11) is -3.57. The highest BCUT2D eigenvalue weighted by molar-refractivity contribution is 7.99. The van der Waals surface area contributed by atoms with Crippen molar-refractivity contribution < 1.29 is 13.2 Å². The Labute approximate surface area is 147 Å². The highest BCUT2D eigenvalue weighted by Crippen LogP contribution is 2.34. The van der Waals surface area contributed by atoms with Crippen LogP contribution >= 0.6 is 11.8 Å². The maximum atomic E-state index is 12.5. The molecule has 0 saturated carbocycles. The van der Waals surface area contributed by atoms with Gasteiger partial charge >= 0.3 is 0 Å². The highest BCUT2D eigenvalue weighted by Gasteiger charge is 2.23. The van der Waals surface area contributed by atoms with Crippen molar-refractivity contribution in [2.24, 2.45) is 5.92 Å². The Morgan fingerprint density at radius 1 is 1.33 bits per heavy atom. The summed E-state index contributed by atoms with van der Waals surface area (Å²) in [6.45, 7) is 5.08. The summed E-state index contributed by atoms with van der Waals surface area (Å²) in [5, 5.41) is 2.83. The van der Waals surface area contributed by atoms with Gasteiger partial charge in [-0.2, -0.15) is 0 Å². The summed E-state index contributed by atoms with van der Waals surface area (Å²) in [5.41, 5.74) is 0.580. The molecule has 0 bridgehead atoms. The molecule has 3 rings (SSSR count). The summed E-state index contributed by atoms with van der Waals surface area (Å²) in [5.74, 6) is 0.526. The van der Waals surface area contributed by atoms with E-state index in [4.69, 9.17) is 0 Å². The minimum atomic E-state index is -3.57. The fourth-order valence-corrected chi connectivity index (χ4v) is 4.93. The molecule has 6 nitrogen and oxygen atoms in total. The standard InChI is InChI=1S/C16H23N3O3S2/c1-12-11-23-15-5-4-13(10-14(15)18-16(12)20)24(21,22)17-6-9-19-7-2-3-8-19/h4-5,10,12,17H,2-3,6-9,11H2,1H3,(H,18,20). The van der Waals surface area contributed by atoms with Gasteiger partial charge in [-0.05, 0) is 44.1 Å². The molecule has 0 spiro atoms. The minimum Gasteiger partial charge on any atom is -0.325 e. The molecule has 24 heavy (non-hydrogen) atoms. The van der Waals surface area contributed by atoms with Crippen molar-refractivity contribution >= 4 is 33.4 Å². The number of anilines is 1. The van der Waals surface area contributed by atoms with E-state index in [1.54, 1.807) is 30.0 Å². The van der Waals surface area contributed by atoms with Crippen molar-refractivity contribution in [3.05, 3.63) is 18.2 Å². The lowest BCUT2D eigenvalue weighted by atomic mass is 10.2. The number of amides is 1. The Bertz CT molecular complexity index is 715. The molecule has 1 amide bonds. The van der Waals surface area contributed by atoms with E-state index in [9.17, 15) is 13.2 Å². The lowest BCUT2D eigenvalue weighted by Crippen LogP contribution is -2.33. The summed E-state index contributed by atoms with van der Waals surface area (Å²) in [6.07, 6.45) is 2.38. The van der Waals surface area contributed by atoms with E-state index in [0.29, 0.717) is 18.0 Å². The lowest BCUT2D eigenvalue weighted by Gasteiger charge is -2.15. The van der Waals surface area contributed by atoms with Gasteiger partial charge in [0, 0.05) is 29.7 Å². The number of benzene rings is 1. The second kappa shape index (κ2) is 7.43. The molecule has 0 aromatic heterocycles. The van der Waals surface area contributed by atoms with Gasteiger partial charge in [0.15, 0.2) is 0 Å². The van der Waals surface area contributed by atoms with Crippen LogP contribution in [-0.4, -0.2) is 51.2 Å². The molecule has 1 atom stereocenters. The first kappa shape index (κ1) is 17.7. The molecule has 1 fully saturated rings. The molecule has 0 radical (unpaired) electrons. The van der Waals surface area contributed by atoms with Gasteiger partial charge < -0.3 is 10.2 Å². The molecule has 8 heteroatoms. The quantitative estimate of drug-likeness (QED) is 0.827. The Hall–Kier alpha value is -1.09. The molecule has 1 unspecified atom stereocenters. The number of hydrogen-bond donors (Lipinski definition) is 2. The van der Waals surface area contributed by atoms with Gasteiger partial charge in [-0.3, -0.25) is 4.79 Å². The molecule has 2 N–H and O–H groups in total. The van der Waals surface area contributed by atoms with Gasteiger partial charge in [0.2, 0.25) is 15.9 Å². The molecule has 132 valence electrons. The molecule has 1 saturated heterocycles. The summed E-state index contributed by atoms with van der Waals surface area (Å²) in [4.78, 5) is 15.3. The highest BCUT2D eigenvalue weighted by atomic mass is 32.2. The third-order valence-corrected chi connectivity index (χ3v) is 7.17. The monoisotopic (exact) mass is 369 g/mol. The van der Waals surface area contributed by atoms with Crippen LogP contribution in [0.25, 0.3) is 0 Å². The maximum Gasteiger partial charge on any atom is 0.240 e. The average Bonchev–Trinajstić information content (AvgIpc) is 3.01. The number of thioether (sulfide) groups is 1. The Morgan fingerprint density at radius 2 is 2.08 bits per heavy atom. The number of nitrogens with one attached hydrogen (secondary N) is 2. The van der Waals surface area contributed by atoms with Crippen LogP contribution in [0.15, 0.2) is 28.0 Å². The SMILES string of the molecule is CC1CSc2ccc(S(=O)(=O)NCCN3CCCC3)cc2NC1=O. The van der Waals surface area contributed by atoms with Gasteiger partial charge in [-0.1, -0.05) is 6.92 Å². The van der Waals surface area contributed by atoms with Gasteiger partial charge in [-0.25, -0.2) is 13.1 Å². The van der Waals surface area contributed by atoms with Gasteiger partial charge in [0.25, 0.3) is 0 Å². The average molecular weight is 370 g/mol. The third kappa shape index (κ3) is 4.11. The van der Waals surface area contributed by atoms with Crippen molar-refractivity contribution in [1.82, 2.24) is 9.62 Å². The Balaban J connectivity index is 1.69. The number of rotatable bonds is 5. The normalized spacial score (nSPS) is 22.0. The van der Waals surface area contributed by atoms with Crippen LogP contribution in [0.1, 0.15) is 19.8 Å². The predicted octanol–water partition coefficient (Wildman–Crippen LogP) is 1.74. The number of sulfonamides is 1.